The average Bonchev–Trinajstić information content (AvgIpc) is 3.06. The first-order chi connectivity index (χ1) is 12.2. The molecule has 26 heavy (non-hydrogen) atoms. The standard InChI is InChI=1S/C16H17Cl2N3O4S/c1-8(14(23)20-13-10(18)5-9(17)6-19-13)25-15(24)11-7-26-16(2)4-3-12(22)21(11)16/h5-6,8,11H,3-4,7H2,1-2H3,(H,19,20,23)/t8-,11-,16+/m0/s1. The van der Waals surface area contributed by atoms with Crippen molar-refractivity contribution in [3.63, 3.8) is 0 Å². The molecule has 0 unspecified atom stereocenters. The van der Waals surface area contributed by atoms with Crippen molar-refractivity contribution in [3.05, 3.63) is 22.3 Å². The van der Waals surface area contributed by atoms with E-state index in [1.165, 1.54) is 19.2 Å². The van der Waals surface area contributed by atoms with Crippen LogP contribution < -0.4 is 5.32 Å². The van der Waals surface area contributed by atoms with Gasteiger partial charge < -0.3 is 15.0 Å². The second-order valence-corrected chi connectivity index (χ2v) is 8.66. The molecule has 3 atom stereocenters. The fourth-order valence-corrected chi connectivity index (χ4v) is 4.87. The van der Waals surface area contributed by atoms with E-state index in [1.54, 1.807) is 16.7 Å². The first kappa shape index (κ1) is 19.3. The van der Waals surface area contributed by atoms with Gasteiger partial charge in [-0.25, -0.2) is 9.78 Å². The van der Waals surface area contributed by atoms with Gasteiger partial charge in [-0.2, -0.15) is 0 Å². The van der Waals surface area contributed by atoms with E-state index in [4.69, 9.17) is 27.9 Å². The molecule has 2 fully saturated rings. The van der Waals surface area contributed by atoms with Crippen LogP contribution in [0.3, 0.4) is 0 Å². The zero-order chi connectivity index (χ0) is 19.1. The first-order valence-electron chi connectivity index (χ1n) is 8.00. The fraction of sp³-hybridized carbons (Fsp3) is 0.500. The van der Waals surface area contributed by atoms with Crippen LogP contribution in [0.1, 0.15) is 26.7 Å². The average molecular weight is 418 g/mol. The second kappa shape index (κ2) is 7.25. The first-order valence-corrected chi connectivity index (χ1v) is 9.74. The van der Waals surface area contributed by atoms with Gasteiger partial charge in [-0.1, -0.05) is 23.2 Å². The molecule has 0 bridgehead atoms. The molecular weight excluding hydrogens is 401 g/mol. The van der Waals surface area contributed by atoms with Gasteiger partial charge in [0.2, 0.25) is 5.91 Å². The van der Waals surface area contributed by atoms with Gasteiger partial charge in [0, 0.05) is 18.4 Å². The number of carbonyl (C=O) groups excluding carboxylic acids is 3. The van der Waals surface area contributed by atoms with E-state index in [0.29, 0.717) is 23.6 Å². The number of thioether (sulfide) groups is 1. The molecule has 2 aliphatic rings. The Morgan fingerprint density at radius 3 is 2.92 bits per heavy atom. The van der Waals surface area contributed by atoms with Crippen molar-refractivity contribution in [2.24, 2.45) is 0 Å². The van der Waals surface area contributed by atoms with Gasteiger partial charge in [-0.3, -0.25) is 9.59 Å². The highest BCUT2D eigenvalue weighted by molar-refractivity contribution is 8.01. The summed E-state index contributed by atoms with van der Waals surface area (Å²) in [6.07, 6.45) is 1.40. The number of nitrogens with zero attached hydrogens (tertiary/aromatic N) is 2. The van der Waals surface area contributed by atoms with Gasteiger partial charge in [0.05, 0.1) is 14.9 Å². The van der Waals surface area contributed by atoms with E-state index in [9.17, 15) is 14.4 Å². The molecule has 7 nitrogen and oxygen atoms in total. The molecule has 140 valence electrons. The summed E-state index contributed by atoms with van der Waals surface area (Å²) in [5.41, 5.74) is 0. The highest BCUT2D eigenvalue weighted by atomic mass is 35.5. The topological polar surface area (TPSA) is 88.6 Å². The molecule has 3 heterocycles. The Morgan fingerprint density at radius 1 is 1.50 bits per heavy atom. The molecule has 0 saturated carbocycles. The SMILES string of the molecule is C[C@H](OC(=O)[C@@H]1CS[C@]2(C)CCC(=O)N12)C(=O)Nc1ncc(Cl)cc1Cl. The van der Waals surface area contributed by atoms with Crippen LogP contribution in [0, 0.1) is 0 Å². The summed E-state index contributed by atoms with van der Waals surface area (Å²) in [6.45, 7) is 3.39. The molecule has 0 spiro atoms. The van der Waals surface area contributed by atoms with Crippen LogP contribution in [0.2, 0.25) is 10.0 Å². The third-order valence-corrected chi connectivity index (χ3v) is 6.43. The lowest BCUT2D eigenvalue weighted by Crippen LogP contribution is -2.48. The predicted molar refractivity (Wildman–Crippen MR) is 99.2 cm³/mol. The number of nitrogens with one attached hydrogen (secondary N) is 1. The molecule has 2 saturated heterocycles. The number of halogens is 2. The molecular formula is C16H17Cl2N3O4S. The molecule has 2 aliphatic heterocycles. The molecule has 0 aliphatic carbocycles. The maximum atomic E-state index is 12.5. The highest BCUT2D eigenvalue weighted by Crippen LogP contribution is 2.47. The van der Waals surface area contributed by atoms with E-state index in [0.717, 1.165) is 0 Å². The Hall–Kier alpha value is -1.51. The maximum absolute atomic E-state index is 12.5. The Kier molecular flexibility index (Phi) is 5.37. The summed E-state index contributed by atoms with van der Waals surface area (Å²) in [5, 5.41) is 3.01. The van der Waals surface area contributed by atoms with Gasteiger partial charge >= 0.3 is 5.97 Å². The predicted octanol–water partition coefficient (Wildman–Crippen LogP) is 2.71. The van der Waals surface area contributed by atoms with Crippen molar-refractivity contribution in [2.75, 3.05) is 11.1 Å². The summed E-state index contributed by atoms with van der Waals surface area (Å²) in [4.78, 5) is 42.0. The number of fused-ring (bicyclic) bond motifs is 1. The third-order valence-electron chi connectivity index (χ3n) is 4.43. The summed E-state index contributed by atoms with van der Waals surface area (Å²) >= 11 is 13.3. The number of esters is 1. The maximum Gasteiger partial charge on any atom is 0.330 e. The Labute approximate surface area is 164 Å². The van der Waals surface area contributed by atoms with Crippen LogP contribution in [-0.4, -0.2) is 50.4 Å². The zero-order valence-corrected chi connectivity index (χ0v) is 16.5. The van der Waals surface area contributed by atoms with Crippen molar-refractivity contribution < 1.29 is 19.1 Å². The number of rotatable bonds is 4. The number of ether oxygens (including phenoxy) is 1. The van der Waals surface area contributed by atoms with Crippen LogP contribution in [-0.2, 0) is 19.1 Å². The Bertz CT molecular complexity index is 778. The van der Waals surface area contributed by atoms with E-state index in [1.807, 2.05) is 6.92 Å². The summed E-state index contributed by atoms with van der Waals surface area (Å²) in [5.74, 6) is -0.637. The second-order valence-electron chi connectivity index (χ2n) is 6.32. The molecule has 1 aromatic rings. The van der Waals surface area contributed by atoms with Crippen LogP contribution in [0.15, 0.2) is 12.3 Å². The van der Waals surface area contributed by atoms with Crippen molar-refractivity contribution in [1.82, 2.24) is 9.88 Å². The number of hydrogen-bond donors (Lipinski definition) is 1. The van der Waals surface area contributed by atoms with E-state index < -0.39 is 24.0 Å². The molecule has 1 N–H and O–H groups in total. The van der Waals surface area contributed by atoms with Gasteiger partial charge in [0.1, 0.15) is 6.04 Å². The van der Waals surface area contributed by atoms with E-state index in [-0.39, 0.29) is 21.6 Å². The fourth-order valence-electron chi connectivity index (χ4n) is 3.03. The number of pyridine rings is 1. The van der Waals surface area contributed by atoms with Crippen LogP contribution >= 0.6 is 35.0 Å². The third kappa shape index (κ3) is 3.63. The molecule has 3 rings (SSSR count). The highest BCUT2D eigenvalue weighted by Gasteiger charge is 2.53. The van der Waals surface area contributed by atoms with Crippen molar-refractivity contribution in [2.45, 2.75) is 43.7 Å². The number of aromatic nitrogens is 1. The van der Waals surface area contributed by atoms with Crippen molar-refractivity contribution >= 4 is 58.6 Å². The summed E-state index contributed by atoms with van der Waals surface area (Å²) < 4.78 is 5.28. The lowest BCUT2D eigenvalue weighted by Gasteiger charge is -2.29. The molecule has 10 heteroatoms. The van der Waals surface area contributed by atoms with Gasteiger partial charge in [0.15, 0.2) is 11.9 Å². The molecule has 1 aromatic heterocycles. The summed E-state index contributed by atoms with van der Waals surface area (Å²) in [7, 11) is 0. The Morgan fingerprint density at radius 2 is 2.23 bits per heavy atom. The van der Waals surface area contributed by atoms with Gasteiger partial charge in [0.25, 0.3) is 5.91 Å². The van der Waals surface area contributed by atoms with Gasteiger partial charge in [-0.05, 0) is 26.3 Å². The largest absolute Gasteiger partial charge is 0.451 e. The number of anilines is 1. The number of amides is 2. The zero-order valence-electron chi connectivity index (χ0n) is 14.1. The van der Waals surface area contributed by atoms with E-state index in [2.05, 4.69) is 10.3 Å². The van der Waals surface area contributed by atoms with Crippen molar-refractivity contribution in [1.29, 1.82) is 0 Å². The quantitative estimate of drug-likeness (QED) is 0.757. The normalized spacial score (nSPS) is 25.8. The Balaban J connectivity index is 1.62. The minimum atomic E-state index is -1.06. The smallest absolute Gasteiger partial charge is 0.330 e. The van der Waals surface area contributed by atoms with Crippen LogP contribution in [0.25, 0.3) is 0 Å². The van der Waals surface area contributed by atoms with Crippen LogP contribution in [0.5, 0.6) is 0 Å². The van der Waals surface area contributed by atoms with E-state index >= 15 is 0 Å². The molecule has 0 aromatic carbocycles. The van der Waals surface area contributed by atoms with Crippen LogP contribution in [0.4, 0.5) is 5.82 Å². The number of carbonyl (C=O) groups is 3. The monoisotopic (exact) mass is 417 g/mol. The number of hydrogen-bond acceptors (Lipinski definition) is 6. The summed E-state index contributed by atoms with van der Waals surface area (Å²) in [6, 6.07) is 0.769. The van der Waals surface area contributed by atoms with Gasteiger partial charge in [-0.15, -0.1) is 11.8 Å². The lowest BCUT2D eigenvalue weighted by atomic mass is 10.2. The minimum Gasteiger partial charge on any atom is -0.451 e. The molecule has 0 radical (unpaired) electrons. The van der Waals surface area contributed by atoms with Crippen molar-refractivity contribution in [3.8, 4) is 0 Å². The lowest BCUT2D eigenvalue weighted by molar-refractivity contribution is -0.160. The minimum absolute atomic E-state index is 0.0614. The molecule has 2 amide bonds.